The fraction of sp³-hybridized carbons (Fsp3) is 0.125. The molecule has 0 N–H and O–H groups in total. The van der Waals surface area contributed by atoms with E-state index in [1.54, 1.807) is 11.4 Å². The molecule has 1 aromatic carbocycles. The smallest absolute Gasteiger partial charge is 0.261 e. The van der Waals surface area contributed by atoms with Gasteiger partial charge in [0.25, 0.3) is 0 Å². The van der Waals surface area contributed by atoms with Crippen LogP contribution in [-0.4, -0.2) is 9.97 Å². The van der Waals surface area contributed by atoms with E-state index in [9.17, 15) is 17.6 Å². The molecule has 2 nitrogen and oxygen atoms in total. The highest BCUT2D eigenvalue weighted by Crippen LogP contribution is 2.30. The molecule has 7 heteroatoms. The van der Waals surface area contributed by atoms with Crippen LogP contribution in [-0.2, 0) is 12.6 Å². The van der Waals surface area contributed by atoms with E-state index in [2.05, 4.69) is 9.97 Å². The third-order valence-electron chi connectivity index (χ3n) is 3.16. The minimum absolute atomic E-state index is 0.289. The van der Waals surface area contributed by atoms with Gasteiger partial charge in [-0.15, -0.1) is 11.3 Å². The summed E-state index contributed by atoms with van der Waals surface area (Å²) >= 11 is 1.32. The molecule has 3 rings (SSSR count). The molecule has 0 aliphatic rings. The molecule has 2 aromatic heterocycles. The number of thiazole rings is 1. The summed E-state index contributed by atoms with van der Waals surface area (Å²) in [5.74, 6) is -0.463. The summed E-state index contributed by atoms with van der Waals surface area (Å²) in [6.07, 6.45) is -1.49. The largest absolute Gasteiger partial charge is 0.416 e. The highest BCUT2D eigenvalue weighted by Gasteiger charge is 2.30. The quantitative estimate of drug-likeness (QED) is 0.631. The Kier molecular flexibility index (Phi) is 4.12. The first-order chi connectivity index (χ1) is 10.9. The summed E-state index contributed by atoms with van der Waals surface area (Å²) in [5, 5.41) is 2.39. The van der Waals surface area contributed by atoms with Crippen molar-refractivity contribution in [3.8, 4) is 11.3 Å². The molecule has 23 heavy (non-hydrogen) atoms. The van der Waals surface area contributed by atoms with Crippen LogP contribution in [0.2, 0.25) is 0 Å². The van der Waals surface area contributed by atoms with Crippen LogP contribution in [0, 0.1) is 5.82 Å². The second kappa shape index (κ2) is 6.08. The lowest BCUT2D eigenvalue weighted by Gasteiger charge is -2.07. The van der Waals surface area contributed by atoms with E-state index >= 15 is 0 Å². The van der Waals surface area contributed by atoms with Crippen molar-refractivity contribution >= 4 is 11.3 Å². The van der Waals surface area contributed by atoms with Gasteiger partial charge in [-0.1, -0.05) is 18.2 Å². The summed E-state index contributed by atoms with van der Waals surface area (Å²) in [6.45, 7) is 0. The van der Waals surface area contributed by atoms with Crippen molar-refractivity contribution in [1.29, 1.82) is 0 Å². The number of benzene rings is 1. The van der Waals surface area contributed by atoms with E-state index in [0.717, 1.165) is 18.3 Å². The first-order valence-electron chi connectivity index (χ1n) is 6.63. The Balaban J connectivity index is 1.82. The van der Waals surface area contributed by atoms with Gasteiger partial charge in [0.15, 0.2) is 0 Å². The van der Waals surface area contributed by atoms with Gasteiger partial charge in [0, 0.05) is 23.6 Å². The lowest BCUT2D eigenvalue weighted by Crippen LogP contribution is -2.05. The van der Waals surface area contributed by atoms with E-state index in [0.29, 0.717) is 21.8 Å². The molecule has 0 atom stereocenters. The number of hydrogen-bond donors (Lipinski definition) is 0. The molecule has 118 valence electrons. The molecule has 0 saturated heterocycles. The summed E-state index contributed by atoms with van der Waals surface area (Å²) in [6, 6.07) is 6.47. The number of rotatable bonds is 3. The average molecular weight is 338 g/mol. The van der Waals surface area contributed by atoms with Crippen molar-refractivity contribution in [1.82, 2.24) is 9.97 Å². The minimum Gasteiger partial charge on any atom is -0.261 e. The molecule has 2 heterocycles. The monoisotopic (exact) mass is 338 g/mol. The van der Waals surface area contributed by atoms with E-state index in [-0.39, 0.29) is 6.42 Å². The number of alkyl halides is 3. The van der Waals surface area contributed by atoms with Gasteiger partial charge >= 0.3 is 6.18 Å². The van der Waals surface area contributed by atoms with E-state index in [4.69, 9.17) is 0 Å². The highest BCUT2D eigenvalue weighted by atomic mass is 32.1. The second-order valence-electron chi connectivity index (χ2n) is 4.89. The van der Waals surface area contributed by atoms with Crippen molar-refractivity contribution in [3.63, 3.8) is 0 Å². The molecular weight excluding hydrogens is 328 g/mol. The maximum absolute atomic E-state index is 13.2. The Hall–Kier alpha value is -2.28. The molecule has 0 radical (unpaired) electrons. The summed E-state index contributed by atoms with van der Waals surface area (Å²) in [5.41, 5.74) is 0.944. The molecule has 0 aliphatic heterocycles. The number of pyridine rings is 1. The van der Waals surface area contributed by atoms with Crippen LogP contribution in [0.15, 0.2) is 48.1 Å². The second-order valence-corrected chi connectivity index (χ2v) is 5.84. The Morgan fingerprint density at radius 1 is 1.09 bits per heavy atom. The summed E-state index contributed by atoms with van der Waals surface area (Å²) in [7, 11) is 0. The van der Waals surface area contributed by atoms with Crippen molar-refractivity contribution in [2.24, 2.45) is 0 Å². The van der Waals surface area contributed by atoms with E-state index in [1.807, 2.05) is 0 Å². The summed E-state index contributed by atoms with van der Waals surface area (Å²) < 4.78 is 51.3. The van der Waals surface area contributed by atoms with Crippen LogP contribution in [0.4, 0.5) is 17.6 Å². The van der Waals surface area contributed by atoms with E-state index in [1.165, 1.54) is 29.7 Å². The predicted molar refractivity (Wildman–Crippen MR) is 79.6 cm³/mol. The van der Waals surface area contributed by atoms with Gasteiger partial charge in [0.2, 0.25) is 0 Å². The third kappa shape index (κ3) is 3.73. The van der Waals surface area contributed by atoms with Crippen LogP contribution < -0.4 is 0 Å². The molecule has 0 unspecified atom stereocenters. The van der Waals surface area contributed by atoms with Gasteiger partial charge in [-0.2, -0.15) is 13.2 Å². The molecule has 0 saturated carbocycles. The fourth-order valence-corrected chi connectivity index (χ4v) is 2.95. The van der Waals surface area contributed by atoms with Crippen molar-refractivity contribution < 1.29 is 17.6 Å². The molecule has 0 fully saturated rings. The molecule has 3 aromatic rings. The van der Waals surface area contributed by atoms with Crippen LogP contribution in [0.5, 0.6) is 0 Å². The zero-order chi connectivity index (χ0) is 16.4. The SMILES string of the molecule is Fc1cncc(-c2csc(Cc3cccc(C(F)(F)F)c3)n2)c1. The van der Waals surface area contributed by atoms with Crippen LogP contribution >= 0.6 is 11.3 Å². The Bertz CT molecular complexity index is 827. The molecule has 0 spiro atoms. The van der Waals surface area contributed by atoms with Crippen molar-refractivity contribution in [3.05, 3.63) is 70.1 Å². The Morgan fingerprint density at radius 3 is 2.65 bits per heavy atom. The Morgan fingerprint density at radius 2 is 1.91 bits per heavy atom. The lowest BCUT2D eigenvalue weighted by molar-refractivity contribution is -0.137. The van der Waals surface area contributed by atoms with Crippen LogP contribution in [0.25, 0.3) is 11.3 Å². The van der Waals surface area contributed by atoms with Gasteiger partial charge in [0.05, 0.1) is 22.5 Å². The molecule has 0 bridgehead atoms. The maximum Gasteiger partial charge on any atom is 0.416 e. The normalized spacial score (nSPS) is 11.7. The summed E-state index contributed by atoms with van der Waals surface area (Å²) in [4.78, 5) is 8.10. The number of halogens is 4. The van der Waals surface area contributed by atoms with Crippen molar-refractivity contribution in [2.75, 3.05) is 0 Å². The number of aromatic nitrogens is 2. The van der Waals surface area contributed by atoms with Gasteiger partial charge in [-0.05, 0) is 17.7 Å². The zero-order valence-electron chi connectivity index (χ0n) is 11.6. The van der Waals surface area contributed by atoms with Gasteiger partial charge < -0.3 is 0 Å². The number of nitrogens with zero attached hydrogens (tertiary/aromatic N) is 2. The number of hydrogen-bond acceptors (Lipinski definition) is 3. The molecule has 0 aliphatic carbocycles. The maximum atomic E-state index is 13.2. The topological polar surface area (TPSA) is 25.8 Å². The standard InChI is InChI=1S/C16H10F4N2S/c17-13-6-11(7-21-8-13)14-9-23-15(22-14)5-10-2-1-3-12(4-10)16(18,19)20/h1-4,6-9H,5H2. The van der Waals surface area contributed by atoms with Crippen LogP contribution in [0.3, 0.4) is 0 Å². The fourth-order valence-electron chi connectivity index (χ4n) is 2.11. The minimum atomic E-state index is -4.36. The first kappa shape index (κ1) is 15.6. The first-order valence-corrected chi connectivity index (χ1v) is 7.51. The van der Waals surface area contributed by atoms with Crippen molar-refractivity contribution in [2.45, 2.75) is 12.6 Å². The predicted octanol–water partition coefficient (Wildman–Crippen LogP) is 4.95. The molecule has 0 amide bonds. The highest BCUT2D eigenvalue weighted by molar-refractivity contribution is 7.10. The van der Waals surface area contributed by atoms with Gasteiger partial charge in [-0.3, -0.25) is 4.98 Å². The zero-order valence-corrected chi connectivity index (χ0v) is 12.5. The lowest BCUT2D eigenvalue weighted by atomic mass is 10.1. The van der Waals surface area contributed by atoms with Gasteiger partial charge in [0.1, 0.15) is 5.82 Å². The Labute approximate surface area is 133 Å². The van der Waals surface area contributed by atoms with E-state index < -0.39 is 17.6 Å². The third-order valence-corrected chi connectivity index (χ3v) is 4.01. The molecular formula is C16H10F4N2S. The average Bonchev–Trinajstić information content (AvgIpc) is 2.95. The van der Waals surface area contributed by atoms with Crippen LogP contribution in [0.1, 0.15) is 16.1 Å². The van der Waals surface area contributed by atoms with Gasteiger partial charge in [-0.25, -0.2) is 9.37 Å².